The summed E-state index contributed by atoms with van der Waals surface area (Å²) in [5.41, 5.74) is -0.406. The normalized spacial score (nSPS) is 16.6. The maximum Gasteiger partial charge on any atom is 0.329 e. The number of carboxylic acids is 1. The van der Waals surface area contributed by atoms with Gasteiger partial charge in [0, 0.05) is 11.5 Å². The summed E-state index contributed by atoms with van der Waals surface area (Å²) >= 11 is 0. The highest BCUT2D eigenvalue weighted by Crippen LogP contribution is 2.28. The second-order valence-corrected chi connectivity index (χ2v) is 5.02. The largest absolute Gasteiger partial charge is 0.480 e. The van der Waals surface area contributed by atoms with E-state index in [2.05, 4.69) is 17.2 Å². The van der Waals surface area contributed by atoms with Gasteiger partial charge in [-0.1, -0.05) is 43.4 Å². The minimum atomic E-state index is -1.14. The van der Waals surface area contributed by atoms with Gasteiger partial charge in [0.15, 0.2) is 0 Å². The van der Waals surface area contributed by atoms with E-state index in [1.54, 1.807) is 12.1 Å². The summed E-state index contributed by atoms with van der Waals surface area (Å²) in [5, 5.41) is 11.9. The average Bonchev–Trinajstić information content (AvgIpc) is 2.47. The molecule has 0 spiro atoms. The number of hydrogen-bond acceptors (Lipinski definition) is 2. The van der Waals surface area contributed by atoms with Crippen molar-refractivity contribution in [2.75, 3.05) is 0 Å². The van der Waals surface area contributed by atoms with Gasteiger partial charge in [0.25, 0.3) is 5.91 Å². The molecule has 1 amide bonds. The van der Waals surface area contributed by atoms with Gasteiger partial charge in [0.1, 0.15) is 5.54 Å². The molecule has 2 rings (SSSR count). The highest BCUT2D eigenvalue weighted by Gasteiger charge is 2.40. The predicted octanol–water partition coefficient (Wildman–Crippen LogP) is 1.94. The zero-order valence-electron chi connectivity index (χ0n) is 11.2. The van der Waals surface area contributed by atoms with Gasteiger partial charge in [-0.3, -0.25) is 4.79 Å². The lowest BCUT2D eigenvalue weighted by atomic mass is 9.81. The van der Waals surface area contributed by atoms with Crippen LogP contribution >= 0.6 is 0 Å². The van der Waals surface area contributed by atoms with Crippen LogP contribution in [0.2, 0.25) is 0 Å². The summed E-state index contributed by atoms with van der Waals surface area (Å²) in [4.78, 5) is 23.3. The first-order valence-electron chi connectivity index (χ1n) is 6.75. The molecule has 1 aromatic rings. The fourth-order valence-corrected chi connectivity index (χ4v) is 2.45. The van der Waals surface area contributed by atoms with Crippen molar-refractivity contribution in [1.82, 2.24) is 5.32 Å². The number of nitrogens with one attached hydrogen (secondary N) is 1. The van der Waals surface area contributed by atoms with Crippen molar-refractivity contribution in [3.63, 3.8) is 0 Å². The smallest absolute Gasteiger partial charge is 0.329 e. The average molecular weight is 271 g/mol. The SMILES string of the molecule is O=C(C#Cc1ccccc1)NC1(C(=O)O)CCCCC1. The fraction of sp³-hybridized carbons (Fsp3) is 0.375. The monoisotopic (exact) mass is 271 g/mol. The molecule has 0 atom stereocenters. The van der Waals surface area contributed by atoms with E-state index in [9.17, 15) is 14.7 Å². The maximum atomic E-state index is 11.8. The molecule has 20 heavy (non-hydrogen) atoms. The number of hydrogen-bond donors (Lipinski definition) is 2. The number of amides is 1. The number of carbonyl (C=O) groups excluding carboxylic acids is 1. The maximum absolute atomic E-state index is 11.8. The first-order chi connectivity index (χ1) is 9.62. The Morgan fingerprint density at radius 2 is 1.75 bits per heavy atom. The molecule has 1 aliphatic rings. The first-order valence-corrected chi connectivity index (χ1v) is 6.75. The summed E-state index contributed by atoms with van der Waals surface area (Å²) in [6.07, 6.45) is 3.60. The van der Waals surface area contributed by atoms with Crippen molar-refractivity contribution < 1.29 is 14.7 Å². The fourth-order valence-electron chi connectivity index (χ4n) is 2.45. The lowest BCUT2D eigenvalue weighted by molar-refractivity contribution is -0.148. The molecule has 4 nitrogen and oxygen atoms in total. The summed E-state index contributed by atoms with van der Waals surface area (Å²) in [7, 11) is 0. The molecular weight excluding hydrogens is 254 g/mol. The number of carboxylic acid groups (broad SMARTS) is 1. The van der Waals surface area contributed by atoms with E-state index in [1.165, 1.54) is 0 Å². The van der Waals surface area contributed by atoms with Crippen molar-refractivity contribution in [3.05, 3.63) is 35.9 Å². The van der Waals surface area contributed by atoms with E-state index in [1.807, 2.05) is 18.2 Å². The van der Waals surface area contributed by atoms with Crippen molar-refractivity contribution in [1.29, 1.82) is 0 Å². The minimum Gasteiger partial charge on any atom is -0.480 e. The molecule has 0 saturated heterocycles. The number of carbonyl (C=O) groups is 2. The molecule has 0 radical (unpaired) electrons. The van der Waals surface area contributed by atoms with Crippen LogP contribution in [-0.2, 0) is 9.59 Å². The Morgan fingerprint density at radius 1 is 1.10 bits per heavy atom. The summed E-state index contributed by atoms with van der Waals surface area (Å²) in [6.45, 7) is 0. The van der Waals surface area contributed by atoms with E-state index in [0.29, 0.717) is 12.8 Å². The molecule has 0 bridgehead atoms. The highest BCUT2D eigenvalue weighted by atomic mass is 16.4. The van der Waals surface area contributed by atoms with Crippen LogP contribution in [0.3, 0.4) is 0 Å². The first kappa shape index (κ1) is 14.1. The van der Waals surface area contributed by atoms with Gasteiger partial charge >= 0.3 is 5.97 Å². The number of benzene rings is 1. The Bertz CT molecular complexity index is 548. The van der Waals surface area contributed by atoms with Crippen LogP contribution in [0, 0.1) is 11.8 Å². The predicted molar refractivity (Wildman–Crippen MR) is 74.9 cm³/mol. The lowest BCUT2D eigenvalue weighted by Gasteiger charge is -2.33. The third-order valence-electron chi connectivity index (χ3n) is 3.56. The molecule has 2 N–H and O–H groups in total. The quantitative estimate of drug-likeness (QED) is 0.808. The van der Waals surface area contributed by atoms with Crippen molar-refractivity contribution >= 4 is 11.9 Å². The summed E-state index contributed by atoms with van der Waals surface area (Å²) in [6, 6.07) is 9.14. The van der Waals surface area contributed by atoms with Gasteiger partial charge in [0.2, 0.25) is 0 Å². The highest BCUT2D eigenvalue weighted by molar-refractivity contribution is 5.97. The second-order valence-electron chi connectivity index (χ2n) is 5.02. The molecule has 0 aromatic heterocycles. The van der Waals surface area contributed by atoms with Gasteiger partial charge in [-0.2, -0.15) is 0 Å². The van der Waals surface area contributed by atoms with Gasteiger partial charge < -0.3 is 10.4 Å². The van der Waals surface area contributed by atoms with Gasteiger partial charge in [0.05, 0.1) is 0 Å². The van der Waals surface area contributed by atoms with Crippen molar-refractivity contribution in [2.24, 2.45) is 0 Å². The van der Waals surface area contributed by atoms with E-state index in [0.717, 1.165) is 24.8 Å². The van der Waals surface area contributed by atoms with Crippen LogP contribution < -0.4 is 5.32 Å². The third-order valence-corrected chi connectivity index (χ3v) is 3.56. The lowest BCUT2D eigenvalue weighted by Crippen LogP contribution is -2.55. The van der Waals surface area contributed by atoms with Gasteiger partial charge in [-0.25, -0.2) is 4.79 Å². The summed E-state index contributed by atoms with van der Waals surface area (Å²) < 4.78 is 0. The standard InChI is InChI=1S/C16H17NO3/c18-14(10-9-13-7-3-1-4-8-13)17-16(15(19)20)11-5-2-6-12-16/h1,3-4,7-8H,2,5-6,11-12H2,(H,17,18)(H,19,20). The Kier molecular flexibility index (Phi) is 4.41. The van der Waals surface area contributed by atoms with Crippen LogP contribution in [0.4, 0.5) is 0 Å². The molecule has 1 fully saturated rings. The number of rotatable bonds is 2. The molecule has 0 unspecified atom stereocenters. The van der Waals surface area contributed by atoms with Crippen molar-refractivity contribution in [2.45, 2.75) is 37.6 Å². The zero-order valence-corrected chi connectivity index (χ0v) is 11.2. The molecule has 4 heteroatoms. The number of aliphatic carboxylic acids is 1. The Hall–Kier alpha value is -2.28. The van der Waals surface area contributed by atoms with Crippen LogP contribution in [0.15, 0.2) is 30.3 Å². The van der Waals surface area contributed by atoms with Crippen LogP contribution in [0.1, 0.15) is 37.7 Å². The van der Waals surface area contributed by atoms with Crippen LogP contribution in [0.5, 0.6) is 0 Å². The second kappa shape index (κ2) is 6.25. The van der Waals surface area contributed by atoms with E-state index >= 15 is 0 Å². The van der Waals surface area contributed by atoms with E-state index in [-0.39, 0.29) is 0 Å². The topological polar surface area (TPSA) is 66.4 Å². The van der Waals surface area contributed by atoms with Crippen molar-refractivity contribution in [3.8, 4) is 11.8 Å². The van der Waals surface area contributed by atoms with E-state index in [4.69, 9.17) is 0 Å². The van der Waals surface area contributed by atoms with Gasteiger partial charge in [-0.05, 0) is 25.0 Å². The Labute approximate surface area is 118 Å². The molecule has 1 aromatic carbocycles. The Morgan fingerprint density at radius 3 is 2.35 bits per heavy atom. The molecular formula is C16H17NO3. The molecule has 0 heterocycles. The molecule has 104 valence electrons. The zero-order chi connectivity index (χ0) is 14.4. The molecule has 1 saturated carbocycles. The third kappa shape index (κ3) is 3.39. The molecule has 1 aliphatic carbocycles. The molecule has 0 aliphatic heterocycles. The van der Waals surface area contributed by atoms with Crippen LogP contribution in [-0.4, -0.2) is 22.5 Å². The minimum absolute atomic E-state index is 0.473. The Balaban J connectivity index is 2.06. The van der Waals surface area contributed by atoms with Crippen LogP contribution in [0.25, 0.3) is 0 Å². The summed E-state index contributed by atoms with van der Waals surface area (Å²) in [5.74, 6) is 3.70. The van der Waals surface area contributed by atoms with Gasteiger partial charge in [-0.15, -0.1) is 0 Å². The van der Waals surface area contributed by atoms with E-state index < -0.39 is 17.4 Å².